The number of nitrogens with one attached hydrogen (secondary N) is 2. The zero-order valence-corrected chi connectivity index (χ0v) is 21.1. The zero-order chi connectivity index (χ0) is 26.8. The van der Waals surface area contributed by atoms with Crippen LogP contribution in [0.3, 0.4) is 0 Å². The Hall–Kier alpha value is -4.28. The zero-order valence-electron chi connectivity index (χ0n) is 21.1. The van der Waals surface area contributed by atoms with E-state index in [9.17, 15) is 23.6 Å². The van der Waals surface area contributed by atoms with Crippen LogP contribution in [0.4, 0.5) is 14.9 Å². The van der Waals surface area contributed by atoms with Crippen molar-refractivity contribution >= 4 is 40.3 Å². The van der Waals surface area contributed by atoms with Gasteiger partial charge in [0.25, 0.3) is 11.8 Å². The van der Waals surface area contributed by atoms with Gasteiger partial charge >= 0.3 is 6.03 Å². The van der Waals surface area contributed by atoms with E-state index in [0.29, 0.717) is 18.5 Å². The summed E-state index contributed by atoms with van der Waals surface area (Å²) in [6.45, 7) is 2.25. The monoisotopic (exact) mass is 518 g/mol. The number of hydrogen-bond donors (Lipinski definition) is 2. The molecule has 3 aromatic rings. The van der Waals surface area contributed by atoms with Gasteiger partial charge in [-0.15, -0.1) is 0 Å². The number of fused-ring (bicyclic) bond motifs is 1. The molecule has 0 unspecified atom stereocenters. The first-order chi connectivity index (χ1) is 18.1. The van der Waals surface area contributed by atoms with Crippen LogP contribution in [-0.4, -0.2) is 75.0 Å². The molecular weight excluding hydrogens is 491 g/mol. The van der Waals surface area contributed by atoms with Gasteiger partial charge in [-0.25, -0.2) is 9.18 Å². The molecule has 3 fully saturated rings. The Morgan fingerprint density at radius 3 is 2.50 bits per heavy atom. The fraction of sp³-hybridized carbons (Fsp3) is 0.370. The summed E-state index contributed by atoms with van der Waals surface area (Å²) in [5.74, 6) is -1.81. The van der Waals surface area contributed by atoms with Gasteiger partial charge in [-0.3, -0.25) is 29.3 Å². The van der Waals surface area contributed by atoms with Gasteiger partial charge in [0, 0.05) is 31.2 Å². The first-order valence-corrected chi connectivity index (χ1v) is 12.6. The fourth-order valence-corrected chi connectivity index (χ4v) is 5.69. The van der Waals surface area contributed by atoms with Gasteiger partial charge in [0.15, 0.2) is 0 Å². The molecule has 11 heteroatoms. The normalized spacial score (nSPS) is 19.9. The van der Waals surface area contributed by atoms with Crippen LogP contribution in [0, 0.1) is 12.7 Å². The molecule has 2 saturated heterocycles. The van der Waals surface area contributed by atoms with E-state index in [2.05, 4.69) is 15.5 Å². The van der Waals surface area contributed by atoms with Crippen LogP contribution < -0.4 is 10.2 Å². The van der Waals surface area contributed by atoms with Crippen molar-refractivity contribution in [2.45, 2.75) is 43.7 Å². The van der Waals surface area contributed by atoms with E-state index >= 15 is 0 Å². The molecule has 3 aliphatic rings. The van der Waals surface area contributed by atoms with Crippen molar-refractivity contribution in [2.24, 2.45) is 0 Å². The Bertz CT molecular complexity index is 1500. The minimum atomic E-state index is -1.11. The highest BCUT2D eigenvalue weighted by Crippen LogP contribution is 2.43. The SMILES string of the molecule is Cc1ccc(F)c(C(=O)NC2(C(=O)N3CCC4(CC3)C(=O)N(C)C(=O)N4c3ccc4[nH]ncc4c3)CC2)c1. The molecule has 2 N–H and O–H groups in total. The first kappa shape index (κ1) is 24.1. The van der Waals surface area contributed by atoms with Crippen LogP contribution in [0.15, 0.2) is 42.6 Å². The summed E-state index contributed by atoms with van der Waals surface area (Å²) in [4.78, 5) is 57.2. The summed E-state index contributed by atoms with van der Waals surface area (Å²) in [6.07, 6.45) is 3.10. The van der Waals surface area contributed by atoms with Crippen molar-refractivity contribution in [1.29, 1.82) is 0 Å². The van der Waals surface area contributed by atoms with Crippen molar-refractivity contribution in [2.75, 3.05) is 25.0 Å². The van der Waals surface area contributed by atoms with Gasteiger partial charge in [-0.1, -0.05) is 11.6 Å². The maximum Gasteiger partial charge on any atom is 0.331 e. The molecule has 196 valence electrons. The topological polar surface area (TPSA) is 119 Å². The number of anilines is 1. The maximum atomic E-state index is 14.3. The second-order valence-electron chi connectivity index (χ2n) is 10.5. The van der Waals surface area contributed by atoms with Gasteiger partial charge < -0.3 is 10.2 Å². The predicted octanol–water partition coefficient (Wildman–Crippen LogP) is 2.73. The predicted molar refractivity (Wildman–Crippen MR) is 136 cm³/mol. The number of imide groups is 1. The smallest absolute Gasteiger partial charge is 0.331 e. The van der Waals surface area contributed by atoms with E-state index < -0.39 is 28.8 Å². The summed E-state index contributed by atoms with van der Waals surface area (Å²) in [5, 5.41) is 10.5. The fourth-order valence-electron chi connectivity index (χ4n) is 5.69. The number of carbonyl (C=O) groups is 4. The molecule has 1 aliphatic carbocycles. The Labute approximate surface area is 217 Å². The lowest BCUT2D eigenvalue weighted by Crippen LogP contribution is -2.60. The highest BCUT2D eigenvalue weighted by molar-refractivity contribution is 6.17. The first-order valence-electron chi connectivity index (χ1n) is 12.6. The van der Waals surface area contributed by atoms with Crippen molar-refractivity contribution in [3.05, 3.63) is 59.5 Å². The number of hydrogen-bond acceptors (Lipinski definition) is 5. The third-order valence-electron chi connectivity index (χ3n) is 8.05. The van der Waals surface area contributed by atoms with E-state index in [1.165, 1.54) is 19.2 Å². The summed E-state index contributed by atoms with van der Waals surface area (Å²) < 4.78 is 14.3. The third-order valence-corrected chi connectivity index (χ3v) is 8.05. The minimum Gasteiger partial charge on any atom is -0.340 e. The maximum absolute atomic E-state index is 14.3. The average Bonchev–Trinajstić information content (AvgIpc) is 3.49. The number of carbonyl (C=O) groups excluding carboxylic acids is 4. The van der Waals surface area contributed by atoms with E-state index in [1.54, 1.807) is 35.1 Å². The molecule has 0 bridgehead atoms. The standard InChI is InChI=1S/C27H27FN6O4/c1-16-3-5-20(28)19(13-16)22(35)30-26(7-8-26)23(36)33-11-9-27(10-12-33)24(37)32(2)25(38)34(27)18-4-6-21-17(14-18)15-29-31-21/h3-6,13-15H,7-12H2,1-2H3,(H,29,31)(H,30,35). The van der Waals surface area contributed by atoms with Crippen molar-refractivity contribution < 1.29 is 23.6 Å². The van der Waals surface area contributed by atoms with Crippen molar-refractivity contribution in [1.82, 2.24) is 25.3 Å². The molecule has 0 atom stereocenters. The molecule has 5 amide bonds. The molecule has 38 heavy (non-hydrogen) atoms. The molecule has 3 heterocycles. The van der Waals surface area contributed by atoms with E-state index in [0.717, 1.165) is 21.4 Å². The number of aromatic amines is 1. The molecule has 2 aromatic carbocycles. The number of halogens is 1. The number of piperidine rings is 1. The second-order valence-corrected chi connectivity index (χ2v) is 10.5. The van der Waals surface area contributed by atoms with Crippen molar-refractivity contribution in [3.8, 4) is 0 Å². The largest absolute Gasteiger partial charge is 0.340 e. The molecule has 1 aromatic heterocycles. The lowest BCUT2D eigenvalue weighted by molar-refractivity contribution is -0.139. The minimum absolute atomic E-state index is 0.0926. The number of likely N-dealkylation sites (N-methyl/N-ethyl adjacent to an activating group) is 1. The summed E-state index contributed by atoms with van der Waals surface area (Å²) >= 11 is 0. The van der Waals surface area contributed by atoms with Gasteiger partial charge in [0.2, 0.25) is 5.91 Å². The Balaban J connectivity index is 1.21. The molecule has 1 saturated carbocycles. The average molecular weight is 519 g/mol. The number of likely N-dealkylation sites (tertiary alicyclic amines) is 1. The second kappa shape index (κ2) is 8.37. The number of urea groups is 1. The molecule has 10 nitrogen and oxygen atoms in total. The number of rotatable bonds is 4. The number of aromatic nitrogens is 2. The van der Waals surface area contributed by atoms with Crippen LogP contribution in [0.25, 0.3) is 10.9 Å². The number of benzene rings is 2. The number of nitrogens with zero attached hydrogens (tertiary/aromatic N) is 4. The highest BCUT2D eigenvalue weighted by Gasteiger charge is 2.60. The number of H-pyrrole nitrogens is 1. The number of amides is 5. The Morgan fingerprint density at radius 2 is 1.79 bits per heavy atom. The van der Waals surface area contributed by atoms with Gasteiger partial charge in [-0.2, -0.15) is 5.10 Å². The van der Waals surface area contributed by atoms with E-state index in [4.69, 9.17) is 0 Å². The quantitative estimate of drug-likeness (QED) is 0.515. The van der Waals surface area contributed by atoms with Crippen LogP contribution in [0.1, 0.15) is 41.6 Å². The number of aryl methyl sites for hydroxylation is 1. The molecule has 6 rings (SSSR count). The Morgan fingerprint density at radius 1 is 1.05 bits per heavy atom. The van der Waals surface area contributed by atoms with Gasteiger partial charge in [0.05, 0.1) is 17.3 Å². The lowest BCUT2D eigenvalue weighted by Gasteiger charge is -2.43. The lowest BCUT2D eigenvalue weighted by atomic mass is 9.85. The highest BCUT2D eigenvalue weighted by atomic mass is 19.1. The van der Waals surface area contributed by atoms with Crippen molar-refractivity contribution in [3.63, 3.8) is 0 Å². The van der Waals surface area contributed by atoms with Crippen LogP contribution >= 0.6 is 0 Å². The van der Waals surface area contributed by atoms with Gasteiger partial charge in [0.1, 0.15) is 16.9 Å². The summed E-state index contributed by atoms with van der Waals surface area (Å²) in [6, 6.07) is 9.29. The van der Waals surface area contributed by atoms with E-state index in [1.807, 2.05) is 12.1 Å². The molecule has 0 radical (unpaired) electrons. The molecular formula is C27H27FN6O4. The molecule has 2 aliphatic heterocycles. The van der Waals surface area contributed by atoms with Crippen LogP contribution in [0.2, 0.25) is 0 Å². The van der Waals surface area contributed by atoms with Crippen LogP contribution in [-0.2, 0) is 9.59 Å². The van der Waals surface area contributed by atoms with Gasteiger partial charge in [-0.05, 0) is 62.9 Å². The third kappa shape index (κ3) is 3.56. The summed E-state index contributed by atoms with van der Waals surface area (Å²) in [5.41, 5.74) is -0.124. The van der Waals surface area contributed by atoms with E-state index in [-0.39, 0.29) is 43.3 Å². The Kier molecular flexibility index (Phi) is 5.30. The summed E-state index contributed by atoms with van der Waals surface area (Å²) in [7, 11) is 1.47. The van der Waals surface area contributed by atoms with Crippen LogP contribution in [0.5, 0.6) is 0 Å². The molecule has 1 spiro atoms.